The van der Waals surface area contributed by atoms with E-state index in [1.165, 1.54) is 16.7 Å². The van der Waals surface area contributed by atoms with Crippen LogP contribution in [0.25, 0.3) is 0 Å². The number of rotatable bonds is 3. The average molecular weight is 341 g/mol. The number of halogens is 1. The van der Waals surface area contributed by atoms with Crippen molar-refractivity contribution in [2.24, 2.45) is 4.99 Å². The predicted octanol–water partition coefficient (Wildman–Crippen LogP) is 5.51. The summed E-state index contributed by atoms with van der Waals surface area (Å²) in [6.45, 7) is 7.74. The molecule has 0 spiro atoms. The summed E-state index contributed by atoms with van der Waals surface area (Å²) < 4.78 is 0. The zero-order valence-electron chi connectivity index (χ0n) is 14.6. The SMILES string of the molecule is CC(C)(C)c1ccc(C(/N=C2\CCCN2)c2ccc(Cl)cc2)cc1. The van der Waals surface area contributed by atoms with Gasteiger partial charge in [0.25, 0.3) is 0 Å². The second-order valence-corrected chi connectivity index (χ2v) is 7.87. The Labute approximate surface area is 150 Å². The summed E-state index contributed by atoms with van der Waals surface area (Å²) in [6, 6.07) is 16.9. The highest BCUT2D eigenvalue weighted by Gasteiger charge is 2.18. The van der Waals surface area contributed by atoms with Gasteiger partial charge in [0.1, 0.15) is 6.04 Å². The number of benzene rings is 2. The van der Waals surface area contributed by atoms with E-state index in [1.807, 2.05) is 12.1 Å². The topological polar surface area (TPSA) is 24.4 Å². The monoisotopic (exact) mass is 340 g/mol. The van der Waals surface area contributed by atoms with Crippen molar-refractivity contribution in [3.63, 3.8) is 0 Å². The molecule has 126 valence electrons. The number of nitrogens with zero attached hydrogens (tertiary/aromatic N) is 1. The van der Waals surface area contributed by atoms with Gasteiger partial charge in [0.2, 0.25) is 0 Å². The molecule has 1 aliphatic heterocycles. The summed E-state index contributed by atoms with van der Waals surface area (Å²) in [6.07, 6.45) is 2.19. The summed E-state index contributed by atoms with van der Waals surface area (Å²) in [5, 5.41) is 4.15. The van der Waals surface area contributed by atoms with Crippen molar-refractivity contribution in [1.82, 2.24) is 5.32 Å². The molecule has 0 saturated carbocycles. The van der Waals surface area contributed by atoms with Crippen LogP contribution in [0.1, 0.15) is 56.3 Å². The molecule has 0 aromatic heterocycles. The first-order valence-corrected chi connectivity index (χ1v) is 8.98. The molecule has 1 saturated heterocycles. The average Bonchev–Trinajstić information content (AvgIpc) is 3.06. The van der Waals surface area contributed by atoms with Gasteiger partial charge in [-0.25, -0.2) is 0 Å². The van der Waals surface area contributed by atoms with Crippen LogP contribution >= 0.6 is 11.6 Å². The Morgan fingerprint density at radius 3 is 2.04 bits per heavy atom. The molecule has 1 aliphatic rings. The first-order chi connectivity index (χ1) is 11.4. The van der Waals surface area contributed by atoms with E-state index in [2.05, 4.69) is 62.5 Å². The molecule has 1 N–H and O–H groups in total. The van der Waals surface area contributed by atoms with Crippen molar-refractivity contribution in [3.8, 4) is 0 Å². The Bertz CT molecular complexity index is 701. The van der Waals surface area contributed by atoms with E-state index in [9.17, 15) is 0 Å². The maximum Gasteiger partial charge on any atom is 0.102 e. The quantitative estimate of drug-likeness (QED) is 0.782. The molecule has 1 heterocycles. The van der Waals surface area contributed by atoms with Gasteiger partial charge in [-0.2, -0.15) is 0 Å². The molecule has 1 atom stereocenters. The summed E-state index contributed by atoms with van der Waals surface area (Å²) in [5.41, 5.74) is 3.89. The van der Waals surface area contributed by atoms with Crippen molar-refractivity contribution in [1.29, 1.82) is 0 Å². The molecule has 0 bridgehead atoms. The lowest BCUT2D eigenvalue weighted by Gasteiger charge is -2.21. The van der Waals surface area contributed by atoms with E-state index < -0.39 is 0 Å². The molecule has 2 nitrogen and oxygen atoms in total. The first-order valence-electron chi connectivity index (χ1n) is 8.60. The van der Waals surface area contributed by atoms with Crippen molar-refractivity contribution in [3.05, 3.63) is 70.2 Å². The largest absolute Gasteiger partial charge is 0.374 e. The van der Waals surface area contributed by atoms with Crippen molar-refractivity contribution in [2.45, 2.75) is 45.1 Å². The van der Waals surface area contributed by atoms with Gasteiger partial charge in [-0.3, -0.25) is 4.99 Å². The Balaban J connectivity index is 1.97. The Morgan fingerprint density at radius 2 is 1.54 bits per heavy atom. The van der Waals surface area contributed by atoms with Gasteiger partial charge in [0.05, 0.1) is 5.84 Å². The number of amidine groups is 1. The van der Waals surface area contributed by atoms with Gasteiger partial charge in [-0.1, -0.05) is 68.8 Å². The number of aliphatic imine (C=N–C) groups is 1. The summed E-state index contributed by atoms with van der Waals surface area (Å²) >= 11 is 6.06. The fourth-order valence-electron chi connectivity index (χ4n) is 2.99. The third-order valence-electron chi connectivity index (χ3n) is 4.48. The normalized spacial score (nSPS) is 17.8. The van der Waals surface area contributed by atoms with E-state index in [0.29, 0.717) is 0 Å². The molecule has 3 heteroatoms. The highest BCUT2D eigenvalue weighted by Crippen LogP contribution is 2.30. The van der Waals surface area contributed by atoms with Crippen LogP contribution < -0.4 is 5.32 Å². The van der Waals surface area contributed by atoms with Gasteiger partial charge in [0.15, 0.2) is 0 Å². The van der Waals surface area contributed by atoms with Crippen LogP contribution in [0.4, 0.5) is 0 Å². The third kappa shape index (κ3) is 3.99. The van der Waals surface area contributed by atoms with Crippen LogP contribution in [0.3, 0.4) is 0 Å². The maximum atomic E-state index is 6.06. The van der Waals surface area contributed by atoms with Gasteiger partial charge in [-0.15, -0.1) is 0 Å². The van der Waals surface area contributed by atoms with E-state index in [0.717, 1.165) is 30.2 Å². The molecule has 2 aromatic carbocycles. The molecule has 0 amide bonds. The third-order valence-corrected chi connectivity index (χ3v) is 4.73. The molecule has 1 fully saturated rings. The van der Waals surface area contributed by atoms with Crippen molar-refractivity contribution in [2.75, 3.05) is 6.54 Å². The molecule has 2 aromatic rings. The van der Waals surface area contributed by atoms with Crippen LogP contribution in [-0.4, -0.2) is 12.4 Å². The number of nitrogens with one attached hydrogen (secondary N) is 1. The summed E-state index contributed by atoms with van der Waals surface area (Å²) in [4.78, 5) is 5.00. The molecule has 24 heavy (non-hydrogen) atoms. The summed E-state index contributed by atoms with van der Waals surface area (Å²) in [5.74, 6) is 1.11. The Hall–Kier alpha value is -1.80. The van der Waals surface area contributed by atoms with Crippen molar-refractivity contribution < 1.29 is 0 Å². The van der Waals surface area contributed by atoms with E-state index in [1.54, 1.807) is 0 Å². The lowest BCUT2D eigenvalue weighted by molar-refractivity contribution is 0.589. The molecule has 0 aliphatic carbocycles. The molecule has 3 rings (SSSR count). The lowest BCUT2D eigenvalue weighted by atomic mass is 9.86. The van der Waals surface area contributed by atoms with Crippen LogP contribution in [0, 0.1) is 0 Å². The van der Waals surface area contributed by atoms with Gasteiger partial charge in [-0.05, 0) is 40.7 Å². The summed E-state index contributed by atoms with van der Waals surface area (Å²) in [7, 11) is 0. The number of hydrogen-bond donors (Lipinski definition) is 1. The zero-order valence-corrected chi connectivity index (χ0v) is 15.4. The highest BCUT2D eigenvalue weighted by atomic mass is 35.5. The lowest BCUT2D eigenvalue weighted by Crippen LogP contribution is -2.16. The van der Waals surface area contributed by atoms with Crippen LogP contribution in [0.5, 0.6) is 0 Å². The first kappa shape index (κ1) is 17.0. The maximum absolute atomic E-state index is 6.06. The Kier molecular flexibility index (Phi) is 4.96. The molecular formula is C21H25ClN2. The minimum Gasteiger partial charge on any atom is -0.374 e. The minimum absolute atomic E-state index is 0.0110. The van der Waals surface area contributed by atoms with Crippen LogP contribution in [0.2, 0.25) is 5.02 Å². The second-order valence-electron chi connectivity index (χ2n) is 7.43. The van der Waals surface area contributed by atoms with E-state index >= 15 is 0 Å². The van der Waals surface area contributed by atoms with Gasteiger partial charge in [0, 0.05) is 18.0 Å². The van der Waals surface area contributed by atoms with E-state index in [-0.39, 0.29) is 11.5 Å². The second kappa shape index (κ2) is 6.98. The predicted molar refractivity (Wildman–Crippen MR) is 103 cm³/mol. The highest BCUT2D eigenvalue weighted by molar-refractivity contribution is 6.30. The fraction of sp³-hybridized carbons (Fsp3) is 0.381. The van der Waals surface area contributed by atoms with Crippen molar-refractivity contribution >= 4 is 17.4 Å². The smallest absolute Gasteiger partial charge is 0.102 e. The number of hydrogen-bond acceptors (Lipinski definition) is 1. The molecule has 1 unspecified atom stereocenters. The van der Waals surface area contributed by atoms with E-state index in [4.69, 9.17) is 16.6 Å². The van der Waals surface area contributed by atoms with Crippen LogP contribution in [-0.2, 0) is 5.41 Å². The minimum atomic E-state index is 0.0110. The molecule has 0 radical (unpaired) electrons. The molecular weight excluding hydrogens is 316 g/mol. The standard InChI is InChI=1S/C21H25ClN2/c1-21(2,3)17-10-6-15(7-11-17)20(24-19-5-4-14-23-19)16-8-12-18(22)13-9-16/h6-13,20H,4-5,14H2,1-3H3,(H,23,24). The zero-order chi connectivity index (χ0) is 17.2. The Morgan fingerprint density at radius 1 is 0.958 bits per heavy atom. The van der Waals surface area contributed by atoms with Crippen LogP contribution in [0.15, 0.2) is 53.5 Å². The fourth-order valence-corrected chi connectivity index (χ4v) is 3.12. The van der Waals surface area contributed by atoms with Gasteiger partial charge < -0.3 is 5.32 Å². The van der Waals surface area contributed by atoms with Gasteiger partial charge >= 0.3 is 0 Å².